The molecule has 29 heavy (non-hydrogen) atoms. The van der Waals surface area contributed by atoms with E-state index in [2.05, 4.69) is 48.6 Å². The van der Waals surface area contributed by atoms with E-state index >= 15 is 0 Å². The van der Waals surface area contributed by atoms with Crippen LogP contribution in [0.2, 0.25) is 0 Å². The number of nitrogens with zero attached hydrogens (tertiary/aromatic N) is 1. The highest BCUT2D eigenvalue weighted by Crippen LogP contribution is 2.27. The molecule has 0 unspecified atom stereocenters. The first-order valence-corrected chi connectivity index (χ1v) is 10.2. The summed E-state index contributed by atoms with van der Waals surface area (Å²) in [7, 11) is 1.61. The first kappa shape index (κ1) is 21.1. The molecule has 1 aliphatic rings. The maximum atomic E-state index is 12.8. The Labute approximate surface area is 173 Å². The van der Waals surface area contributed by atoms with Crippen LogP contribution >= 0.6 is 0 Å². The number of amides is 2. The van der Waals surface area contributed by atoms with Gasteiger partial charge >= 0.3 is 0 Å². The van der Waals surface area contributed by atoms with Gasteiger partial charge in [-0.3, -0.25) is 9.59 Å². The second kappa shape index (κ2) is 8.78. The summed E-state index contributed by atoms with van der Waals surface area (Å²) in [6.07, 6.45) is 0.419. The maximum absolute atomic E-state index is 12.8. The second-order valence-electron chi connectivity index (χ2n) is 8.08. The van der Waals surface area contributed by atoms with Crippen molar-refractivity contribution >= 4 is 11.8 Å². The number of aryl methyl sites for hydroxylation is 1. The number of hydrogen-bond donors (Lipinski definition) is 1. The van der Waals surface area contributed by atoms with Crippen LogP contribution in [0.3, 0.4) is 0 Å². The number of ether oxygens (including phenoxy) is 1. The Morgan fingerprint density at radius 2 is 1.86 bits per heavy atom. The van der Waals surface area contributed by atoms with Gasteiger partial charge in [0.25, 0.3) is 5.91 Å². The van der Waals surface area contributed by atoms with Gasteiger partial charge in [-0.1, -0.05) is 67.9 Å². The quantitative estimate of drug-likeness (QED) is 0.847. The molecule has 1 atom stereocenters. The lowest BCUT2D eigenvalue weighted by atomic mass is 9.90. The molecule has 0 aromatic heterocycles. The van der Waals surface area contributed by atoms with E-state index in [1.165, 1.54) is 11.1 Å². The highest BCUT2D eigenvalue weighted by atomic mass is 16.5. The number of rotatable bonds is 5. The summed E-state index contributed by atoms with van der Waals surface area (Å²) in [5.74, 6) is -0.248. The third-order valence-electron chi connectivity index (χ3n) is 5.43. The lowest BCUT2D eigenvalue weighted by molar-refractivity contribution is -0.167. The summed E-state index contributed by atoms with van der Waals surface area (Å²) in [6, 6.07) is 16.6. The monoisotopic (exact) mass is 394 g/mol. The largest absolute Gasteiger partial charge is 0.361 e. The van der Waals surface area contributed by atoms with E-state index in [4.69, 9.17) is 4.74 Å². The van der Waals surface area contributed by atoms with Gasteiger partial charge in [0, 0.05) is 25.9 Å². The number of hydrogen-bond acceptors (Lipinski definition) is 3. The van der Waals surface area contributed by atoms with Crippen molar-refractivity contribution in [2.24, 2.45) is 5.92 Å². The van der Waals surface area contributed by atoms with Gasteiger partial charge in [0.05, 0.1) is 13.2 Å². The van der Waals surface area contributed by atoms with Crippen LogP contribution in [0.4, 0.5) is 0 Å². The minimum Gasteiger partial charge on any atom is -0.361 e. The van der Waals surface area contributed by atoms with Gasteiger partial charge in [-0.05, 0) is 23.6 Å². The van der Waals surface area contributed by atoms with Crippen LogP contribution in [-0.2, 0) is 20.7 Å². The van der Waals surface area contributed by atoms with Crippen LogP contribution < -0.4 is 5.32 Å². The minimum atomic E-state index is -1.07. The number of carbonyl (C=O) groups is 2. The Bertz CT molecular complexity index is 876. The van der Waals surface area contributed by atoms with Gasteiger partial charge in [0.15, 0.2) is 5.60 Å². The second-order valence-corrected chi connectivity index (χ2v) is 8.08. The fourth-order valence-electron chi connectivity index (χ4n) is 3.86. The number of likely N-dealkylation sites (N-methyl/N-ethyl adjacent to an activating group) is 1. The molecule has 154 valence electrons. The van der Waals surface area contributed by atoms with Crippen LogP contribution in [0.15, 0.2) is 48.5 Å². The zero-order valence-corrected chi connectivity index (χ0v) is 17.7. The zero-order chi connectivity index (χ0) is 21.0. The Morgan fingerprint density at radius 3 is 2.48 bits per heavy atom. The van der Waals surface area contributed by atoms with Gasteiger partial charge in [-0.15, -0.1) is 0 Å². The van der Waals surface area contributed by atoms with E-state index in [0.717, 1.165) is 11.1 Å². The summed E-state index contributed by atoms with van der Waals surface area (Å²) in [6.45, 7) is 6.97. The maximum Gasteiger partial charge on any atom is 0.254 e. The van der Waals surface area contributed by atoms with Gasteiger partial charge in [-0.25, -0.2) is 0 Å². The van der Waals surface area contributed by atoms with Crippen LogP contribution in [0.1, 0.15) is 25.0 Å². The van der Waals surface area contributed by atoms with Crippen LogP contribution in [-0.4, -0.2) is 49.1 Å². The Morgan fingerprint density at radius 1 is 1.14 bits per heavy atom. The molecule has 1 fully saturated rings. The molecule has 2 aromatic rings. The lowest BCUT2D eigenvalue weighted by Gasteiger charge is -2.42. The van der Waals surface area contributed by atoms with Gasteiger partial charge < -0.3 is 15.0 Å². The summed E-state index contributed by atoms with van der Waals surface area (Å²) in [5.41, 5.74) is 3.45. The van der Waals surface area contributed by atoms with Crippen molar-refractivity contribution in [2.75, 3.05) is 26.7 Å². The zero-order valence-electron chi connectivity index (χ0n) is 17.7. The van der Waals surface area contributed by atoms with Crippen molar-refractivity contribution in [2.45, 2.75) is 32.8 Å². The normalized spacial score (nSPS) is 19.3. The van der Waals surface area contributed by atoms with Crippen molar-refractivity contribution in [1.29, 1.82) is 0 Å². The predicted octanol–water partition coefficient (Wildman–Crippen LogP) is 3.20. The third-order valence-corrected chi connectivity index (χ3v) is 5.43. The molecule has 0 radical (unpaired) electrons. The molecule has 3 rings (SSSR count). The fourth-order valence-corrected chi connectivity index (χ4v) is 3.86. The SMILES string of the molecule is CNC(=O)[C@]1(Cc2ccc(-c3cccc(C)c3)cc2)CN(C(=O)C(C)C)CCO1. The highest BCUT2D eigenvalue weighted by Gasteiger charge is 2.44. The Kier molecular flexibility index (Phi) is 6.38. The van der Waals surface area contributed by atoms with Gasteiger partial charge in [-0.2, -0.15) is 0 Å². The van der Waals surface area contributed by atoms with Gasteiger partial charge in [0.2, 0.25) is 5.91 Å². The molecule has 2 aromatic carbocycles. The molecular weight excluding hydrogens is 364 g/mol. The Balaban J connectivity index is 1.83. The molecule has 0 spiro atoms. The molecule has 5 nitrogen and oxygen atoms in total. The number of benzene rings is 2. The average molecular weight is 395 g/mol. The van der Waals surface area contributed by atoms with Gasteiger partial charge in [0.1, 0.15) is 0 Å². The van der Waals surface area contributed by atoms with E-state index in [9.17, 15) is 9.59 Å². The van der Waals surface area contributed by atoms with Crippen molar-refractivity contribution < 1.29 is 14.3 Å². The standard InChI is InChI=1S/C24H30N2O3/c1-17(2)22(27)26-12-13-29-24(16-26,23(28)25-4)15-19-8-10-20(11-9-19)21-7-5-6-18(3)14-21/h5-11,14,17H,12-13,15-16H2,1-4H3,(H,25,28)/t24-/m0/s1. The van der Waals surface area contributed by atoms with Crippen LogP contribution in [0.5, 0.6) is 0 Å². The Hall–Kier alpha value is -2.66. The van der Waals surface area contributed by atoms with E-state index in [-0.39, 0.29) is 24.3 Å². The molecule has 0 bridgehead atoms. The summed E-state index contributed by atoms with van der Waals surface area (Å²) >= 11 is 0. The average Bonchev–Trinajstić information content (AvgIpc) is 2.73. The molecule has 1 aliphatic heterocycles. The molecule has 0 aliphatic carbocycles. The number of nitrogens with one attached hydrogen (secondary N) is 1. The van der Waals surface area contributed by atoms with Crippen molar-refractivity contribution in [3.05, 3.63) is 59.7 Å². The third kappa shape index (κ3) is 4.67. The van der Waals surface area contributed by atoms with E-state index in [1.54, 1.807) is 11.9 Å². The molecule has 1 saturated heterocycles. The summed E-state index contributed by atoms with van der Waals surface area (Å²) in [5, 5.41) is 2.73. The first-order valence-electron chi connectivity index (χ1n) is 10.2. The predicted molar refractivity (Wildman–Crippen MR) is 114 cm³/mol. The number of carbonyl (C=O) groups excluding carboxylic acids is 2. The molecule has 0 saturated carbocycles. The highest BCUT2D eigenvalue weighted by molar-refractivity contribution is 5.87. The minimum absolute atomic E-state index is 0.0522. The van der Waals surface area contributed by atoms with E-state index < -0.39 is 5.60 Å². The molecular formula is C24H30N2O3. The van der Waals surface area contributed by atoms with Crippen molar-refractivity contribution in [1.82, 2.24) is 10.2 Å². The van der Waals surface area contributed by atoms with Crippen LogP contribution in [0.25, 0.3) is 11.1 Å². The summed E-state index contributed by atoms with van der Waals surface area (Å²) < 4.78 is 6.01. The number of morpholine rings is 1. The first-order chi connectivity index (χ1) is 13.8. The smallest absolute Gasteiger partial charge is 0.254 e. The summed E-state index contributed by atoms with van der Waals surface area (Å²) in [4.78, 5) is 27.1. The van der Waals surface area contributed by atoms with Crippen molar-refractivity contribution in [3.63, 3.8) is 0 Å². The topological polar surface area (TPSA) is 58.6 Å². The van der Waals surface area contributed by atoms with Crippen LogP contribution in [0, 0.1) is 12.8 Å². The van der Waals surface area contributed by atoms with E-state index in [1.807, 2.05) is 26.0 Å². The lowest BCUT2D eigenvalue weighted by Crippen LogP contribution is -2.62. The van der Waals surface area contributed by atoms with E-state index in [0.29, 0.717) is 19.6 Å². The molecule has 1 N–H and O–H groups in total. The molecule has 1 heterocycles. The molecule has 2 amide bonds. The van der Waals surface area contributed by atoms with Crippen molar-refractivity contribution in [3.8, 4) is 11.1 Å². The fraction of sp³-hybridized carbons (Fsp3) is 0.417. The molecule has 5 heteroatoms.